The predicted octanol–water partition coefficient (Wildman–Crippen LogP) is 2.88. The van der Waals surface area contributed by atoms with Crippen LogP contribution in [0.1, 0.15) is 27.7 Å². The average molecular weight is 208 g/mol. The Morgan fingerprint density at radius 3 is 2.33 bits per heavy atom. The van der Waals surface area contributed by atoms with Crippen molar-refractivity contribution in [1.82, 2.24) is 0 Å². The van der Waals surface area contributed by atoms with Crippen LogP contribution in [-0.4, -0.2) is 12.1 Å². The van der Waals surface area contributed by atoms with Crippen molar-refractivity contribution in [3.8, 4) is 5.75 Å². The van der Waals surface area contributed by atoms with E-state index in [-0.39, 0.29) is 6.10 Å². The number of nitrogen functional groups attached to an aromatic ring is 1. The van der Waals surface area contributed by atoms with E-state index in [1.807, 2.05) is 32.0 Å². The summed E-state index contributed by atoms with van der Waals surface area (Å²) < 4.78 is 5.60. The molecule has 0 saturated heterocycles. The SMILES string of the molecule is CC(C)Nc1cc(N)cc(OC(C)C)c1. The van der Waals surface area contributed by atoms with E-state index in [2.05, 4.69) is 19.2 Å². The van der Waals surface area contributed by atoms with Gasteiger partial charge in [0.25, 0.3) is 0 Å². The maximum Gasteiger partial charge on any atom is 0.123 e. The lowest BCUT2D eigenvalue weighted by molar-refractivity contribution is 0.242. The first-order chi connectivity index (χ1) is 6.97. The second-order valence-electron chi connectivity index (χ2n) is 4.26. The number of anilines is 2. The van der Waals surface area contributed by atoms with Gasteiger partial charge in [-0.3, -0.25) is 0 Å². The molecule has 84 valence electrons. The summed E-state index contributed by atoms with van der Waals surface area (Å²) in [5.41, 5.74) is 7.51. The van der Waals surface area contributed by atoms with Crippen LogP contribution in [0.5, 0.6) is 5.75 Å². The van der Waals surface area contributed by atoms with E-state index in [4.69, 9.17) is 10.5 Å². The normalized spacial score (nSPS) is 10.8. The molecule has 0 saturated carbocycles. The maximum atomic E-state index is 5.79. The van der Waals surface area contributed by atoms with Crippen molar-refractivity contribution in [3.63, 3.8) is 0 Å². The quantitative estimate of drug-likeness (QED) is 0.748. The second-order valence-corrected chi connectivity index (χ2v) is 4.26. The van der Waals surface area contributed by atoms with Gasteiger partial charge in [0.2, 0.25) is 0 Å². The minimum atomic E-state index is 0.165. The van der Waals surface area contributed by atoms with Crippen molar-refractivity contribution in [3.05, 3.63) is 18.2 Å². The van der Waals surface area contributed by atoms with Gasteiger partial charge >= 0.3 is 0 Å². The molecule has 0 radical (unpaired) electrons. The Kier molecular flexibility index (Phi) is 3.83. The van der Waals surface area contributed by atoms with E-state index in [0.717, 1.165) is 17.1 Å². The zero-order valence-electron chi connectivity index (χ0n) is 9.87. The third-order valence-electron chi connectivity index (χ3n) is 1.76. The van der Waals surface area contributed by atoms with Gasteiger partial charge in [-0.05, 0) is 33.8 Å². The second kappa shape index (κ2) is 4.91. The van der Waals surface area contributed by atoms with Crippen molar-refractivity contribution in [2.24, 2.45) is 0 Å². The molecule has 0 atom stereocenters. The first kappa shape index (κ1) is 11.7. The highest BCUT2D eigenvalue weighted by Crippen LogP contribution is 2.23. The van der Waals surface area contributed by atoms with Crippen molar-refractivity contribution < 1.29 is 4.74 Å². The van der Waals surface area contributed by atoms with E-state index in [0.29, 0.717) is 6.04 Å². The number of hydrogen-bond acceptors (Lipinski definition) is 3. The third-order valence-corrected chi connectivity index (χ3v) is 1.76. The molecule has 0 aromatic heterocycles. The van der Waals surface area contributed by atoms with Crippen LogP contribution in [0, 0.1) is 0 Å². The van der Waals surface area contributed by atoms with Crippen molar-refractivity contribution in [2.45, 2.75) is 39.8 Å². The molecule has 3 nitrogen and oxygen atoms in total. The Balaban J connectivity index is 2.84. The van der Waals surface area contributed by atoms with E-state index in [1.54, 1.807) is 0 Å². The maximum absolute atomic E-state index is 5.79. The lowest BCUT2D eigenvalue weighted by atomic mass is 10.2. The summed E-state index contributed by atoms with van der Waals surface area (Å²) in [5, 5.41) is 3.30. The minimum Gasteiger partial charge on any atom is -0.491 e. The summed E-state index contributed by atoms with van der Waals surface area (Å²) in [6.45, 7) is 8.18. The Hall–Kier alpha value is -1.38. The van der Waals surface area contributed by atoms with Gasteiger partial charge in [0, 0.05) is 29.5 Å². The van der Waals surface area contributed by atoms with Gasteiger partial charge in [-0.25, -0.2) is 0 Å². The molecule has 0 heterocycles. The molecule has 1 rings (SSSR count). The van der Waals surface area contributed by atoms with Crippen LogP contribution < -0.4 is 15.8 Å². The zero-order chi connectivity index (χ0) is 11.4. The summed E-state index contributed by atoms with van der Waals surface area (Å²) in [5.74, 6) is 0.813. The van der Waals surface area contributed by atoms with Gasteiger partial charge in [-0.2, -0.15) is 0 Å². The molecule has 1 aromatic carbocycles. The number of nitrogens with one attached hydrogen (secondary N) is 1. The average Bonchev–Trinajstić information content (AvgIpc) is 1.98. The van der Waals surface area contributed by atoms with Crippen LogP contribution in [0.3, 0.4) is 0 Å². The fourth-order valence-corrected chi connectivity index (χ4v) is 1.38. The molecule has 0 aliphatic heterocycles. The summed E-state index contributed by atoms with van der Waals surface area (Å²) in [7, 11) is 0. The van der Waals surface area contributed by atoms with Gasteiger partial charge in [0.05, 0.1) is 6.10 Å². The largest absolute Gasteiger partial charge is 0.491 e. The minimum absolute atomic E-state index is 0.165. The highest BCUT2D eigenvalue weighted by atomic mass is 16.5. The van der Waals surface area contributed by atoms with E-state index in [9.17, 15) is 0 Å². The number of hydrogen-bond donors (Lipinski definition) is 2. The first-order valence-corrected chi connectivity index (χ1v) is 5.31. The van der Waals surface area contributed by atoms with Crippen LogP contribution in [0.4, 0.5) is 11.4 Å². The topological polar surface area (TPSA) is 47.3 Å². The van der Waals surface area contributed by atoms with Crippen molar-refractivity contribution in [1.29, 1.82) is 0 Å². The lowest BCUT2D eigenvalue weighted by Crippen LogP contribution is -2.11. The zero-order valence-corrected chi connectivity index (χ0v) is 9.87. The molecule has 3 N–H and O–H groups in total. The van der Waals surface area contributed by atoms with Gasteiger partial charge in [-0.1, -0.05) is 0 Å². The molecule has 0 aliphatic rings. The van der Waals surface area contributed by atoms with Crippen molar-refractivity contribution in [2.75, 3.05) is 11.1 Å². The molecular formula is C12H20N2O. The molecule has 1 aromatic rings. The number of ether oxygens (including phenoxy) is 1. The van der Waals surface area contributed by atoms with Crippen LogP contribution >= 0.6 is 0 Å². The van der Waals surface area contributed by atoms with Gasteiger partial charge < -0.3 is 15.8 Å². The fourth-order valence-electron chi connectivity index (χ4n) is 1.38. The van der Waals surface area contributed by atoms with E-state index < -0.39 is 0 Å². The highest BCUT2D eigenvalue weighted by Gasteiger charge is 2.02. The summed E-state index contributed by atoms with van der Waals surface area (Å²) in [6, 6.07) is 6.10. The van der Waals surface area contributed by atoms with Crippen LogP contribution in [0.15, 0.2) is 18.2 Å². The molecule has 0 amide bonds. The molecule has 0 fully saturated rings. The van der Waals surface area contributed by atoms with E-state index >= 15 is 0 Å². The molecule has 15 heavy (non-hydrogen) atoms. The van der Waals surface area contributed by atoms with Gasteiger partial charge in [0.1, 0.15) is 5.75 Å². The lowest BCUT2D eigenvalue weighted by Gasteiger charge is -2.14. The predicted molar refractivity (Wildman–Crippen MR) is 65.4 cm³/mol. The monoisotopic (exact) mass is 208 g/mol. The fraction of sp³-hybridized carbons (Fsp3) is 0.500. The van der Waals surface area contributed by atoms with E-state index in [1.165, 1.54) is 0 Å². The van der Waals surface area contributed by atoms with Crippen molar-refractivity contribution >= 4 is 11.4 Å². The van der Waals surface area contributed by atoms with Gasteiger partial charge in [-0.15, -0.1) is 0 Å². The third kappa shape index (κ3) is 4.11. The molecule has 0 unspecified atom stereocenters. The molecule has 0 aliphatic carbocycles. The number of benzene rings is 1. The Bertz CT molecular complexity index is 293. The Morgan fingerprint density at radius 2 is 1.80 bits per heavy atom. The molecule has 0 spiro atoms. The molecule has 0 bridgehead atoms. The van der Waals surface area contributed by atoms with Crippen LogP contribution in [0.25, 0.3) is 0 Å². The first-order valence-electron chi connectivity index (χ1n) is 5.31. The summed E-state index contributed by atoms with van der Waals surface area (Å²) >= 11 is 0. The molecular weight excluding hydrogens is 188 g/mol. The summed E-state index contributed by atoms with van der Waals surface area (Å²) in [4.78, 5) is 0. The standard InChI is InChI=1S/C12H20N2O/c1-8(2)14-11-5-10(13)6-12(7-11)15-9(3)4/h5-9,14H,13H2,1-4H3. The van der Waals surface area contributed by atoms with Gasteiger partial charge in [0.15, 0.2) is 0 Å². The highest BCUT2D eigenvalue weighted by molar-refractivity contribution is 5.59. The summed E-state index contributed by atoms with van der Waals surface area (Å²) in [6.07, 6.45) is 0.165. The van der Waals surface area contributed by atoms with Crippen LogP contribution in [-0.2, 0) is 0 Å². The Labute approximate surface area is 91.6 Å². The van der Waals surface area contributed by atoms with Crippen LogP contribution in [0.2, 0.25) is 0 Å². The Morgan fingerprint density at radius 1 is 1.13 bits per heavy atom. The number of nitrogens with two attached hydrogens (primary N) is 1. The smallest absolute Gasteiger partial charge is 0.123 e. The number of rotatable bonds is 4. The molecule has 3 heteroatoms.